The van der Waals surface area contributed by atoms with Gasteiger partial charge >= 0.3 is 0 Å². The molecule has 2 heterocycles. The zero-order valence-electron chi connectivity index (χ0n) is 12.5. The van der Waals surface area contributed by atoms with E-state index in [-0.39, 0.29) is 0 Å². The zero-order valence-corrected chi connectivity index (χ0v) is 12.5. The van der Waals surface area contributed by atoms with E-state index >= 15 is 0 Å². The van der Waals surface area contributed by atoms with Crippen molar-refractivity contribution in [3.05, 3.63) is 41.7 Å². The van der Waals surface area contributed by atoms with Gasteiger partial charge in [-0.15, -0.1) is 0 Å². The van der Waals surface area contributed by atoms with E-state index < -0.39 is 0 Å². The van der Waals surface area contributed by atoms with Crippen molar-refractivity contribution in [2.45, 2.75) is 39.7 Å². The van der Waals surface area contributed by atoms with Gasteiger partial charge in [-0.05, 0) is 62.0 Å². The molecule has 2 nitrogen and oxygen atoms in total. The second-order valence-corrected chi connectivity index (χ2v) is 5.07. The largest absolute Gasteiger partial charge is 0.299 e. The van der Waals surface area contributed by atoms with Crippen molar-refractivity contribution in [1.82, 2.24) is 9.88 Å². The number of nitrogens with zero attached hydrogens (tertiary/aromatic N) is 2. The number of benzene rings is 1. The quantitative estimate of drug-likeness (QED) is 0.754. The molecule has 1 aliphatic rings. The maximum absolute atomic E-state index is 4.21. The van der Waals surface area contributed by atoms with Gasteiger partial charge < -0.3 is 0 Å². The first kappa shape index (κ1) is 14.0. The molecule has 0 spiro atoms. The van der Waals surface area contributed by atoms with Crippen LogP contribution in [0, 0.1) is 6.92 Å². The van der Waals surface area contributed by atoms with Gasteiger partial charge in [0, 0.05) is 23.8 Å². The number of hydrogen-bond acceptors (Lipinski definition) is 2. The lowest BCUT2D eigenvalue weighted by Crippen LogP contribution is -2.17. The fourth-order valence-electron chi connectivity index (χ4n) is 2.93. The second kappa shape index (κ2) is 6.16. The first-order chi connectivity index (χ1) is 9.25. The van der Waals surface area contributed by atoms with E-state index in [0.717, 1.165) is 0 Å². The third kappa shape index (κ3) is 2.79. The molecule has 1 unspecified atom stereocenters. The molecule has 0 aliphatic carbocycles. The molecule has 0 radical (unpaired) electrons. The Morgan fingerprint density at radius 1 is 1.26 bits per heavy atom. The Balaban J connectivity index is 0.000000637. The summed E-state index contributed by atoms with van der Waals surface area (Å²) < 4.78 is 0. The van der Waals surface area contributed by atoms with Gasteiger partial charge in [0.2, 0.25) is 0 Å². The Kier molecular flexibility index (Phi) is 4.54. The molecule has 0 N–H and O–H groups in total. The van der Waals surface area contributed by atoms with E-state index in [1.54, 1.807) is 0 Å². The van der Waals surface area contributed by atoms with Gasteiger partial charge in [0.1, 0.15) is 0 Å². The lowest BCUT2D eigenvalue weighted by Gasteiger charge is -2.21. The topological polar surface area (TPSA) is 16.1 Å². The van der Waals surface area contributed by atoms with Crippen LogP contribution in [-0.2, 0) is 0 Å². The van der Waals surface area contributed by atoms with Crippen molar-refractivity contribution in [3.63, 3.8) is 0 Å². The van der Waals surface area contributed by atoms with Gasteiger partial charge in [0.05, 0.1) is 0 Å². The predicted molar refractivity (Wildman–Crippen MR) is 82.4 cm³/mol. The number of aromatic nitrogens is 1. The van der Waals surface area contributed by atoms with E-state index in [4.69, 9.17) is 0 Å². The lowest BCUT2D eigenvalue weighted by molar-refractivity contribution is 0.317. The van der Waals surface area contributed by atoms with Crippen LogP contribution in [0.5, 0.6) is 0 Å². The van der Waals surface area contributed by atoms with Crippen LogP contribution in [0.15, 0.2) is 30.6 Å². The molecule has 1 aromatic heterocycles. The van der Waals surface area contributed by atoms with Crippen LogP contribution in [0.1, 0.15) is 43.9 Å². The van der Waals surface area contributed by atoms with E-state index in [9.17, 15) is 0 Å². The molecule has 2 aromatic rings. The molecule has 1 aliphatic heterocycles. The molecule has 1 saturated heterocycles. The third-order valence-electron chi connectivity index (χ3n) is 3.89. The van der Waals surface area contributed by atoms with Crippen LogP contribution in [0.4, 0.5) is 0 Å². The summed E-state index contributed by atoms with van der Waals surface area (Å²) in [6, 6.07) is 7.37. The molecule has 1 aromatic carbocycles. The maximum Gasteiger partial charge on any atom is 0.0349 e. The van der Waals surface area contributed by atoms with Crippen LogP contribution < -0.4 is 0 Å². The monoisotopic (exact) mass is 256 g/mol. The number of likely N-dealkylation sites (tertiary alicyclic amines) is 1. The van der Waals surface area contributed by atoms with Gasteiger partial charge in [-0.25, -0.2) is 0 Å². The summed E-state index contributed by atoms with van der Waals surface area (Å²) in [6.45, 7) is 7.40. The van der Waals surface area contributed by atoms with Crippen molar-refractivity contribution in [2.75, 3.05) is 13.6 Å². The lowest BCUT2D eigenvalue weighted by atomic mass is 9.98. The highest BCUT2D eigenvalue weighted by Crippen LogP contribution is 2.33. The smallest absolute Gasteiger partial charge is 0.0349 e. The van der Waals surface area contributed by atoms with Crippen molar-refractivity contribution in [3.8, 4) is 0 Å². The summed E-state index contributed by atoms with van der Waals surface area (Å²) >= 11 is 0. The van der Waals surface area contributed by atoms with Crippen LogP contribution >= 0.6 is 0 Å². The fraction of sp³-hybridized carbons (Fsp3) is 0.471. The molecule has 1 atom stereocenters. The zero-order chi connectivity index (χ0) is 13.8. The molecule has 102 valence electrons. The van der Waals surface area contributed by atoms with Gasteiger partial charge in [0.25, 0.3) is 0 Å². The van der Waals surface area contributed by atoms with Crippen LogP contribution in [-0.4, -0.2) is 23.5 Å². The molecule has 0 amide bonds. The number of rotatable bonds is 1. The predicted octanol–water partition coefficient (Wildman–Crippen LogP) is 4.34. The Labute approximate surface area is 116 Å². The van der Waals surface area contributed by atoms with Crippen molar-refractivity contribution < 1.29 is 0 Å². The first-order valence-electron chi connectivity index (χ1n) is 7.30. The van der Waals surface area contributed by atoms with Crippen molar-refractivity contribution in [1.29, 1.82) is 0 Å². The second-order valence-electron chi connectivity index (χ2n) is 5.07. The molecule has 19 heavy (non-hydrogen) atoms. The van der Waals surface area contributed by atoms with Gasteiger partial charge in [-0.1, -0.05) is 19.9 Å². The average Bonchev–Trinajstić information content (AvgIpc) is 2.87. The normalized spacial score (nSPS) is 19.3. The number of fused-ring (bicyclic) bond motifs is 1. The van der Waals surface area contributed by atoms with Crippen LogP contribution in [0.3, 0.4) is 0 Å². The van der Waals surface area contributed by atoms with Crippen LogP contribution in [0.2, 0.25) is 0 Å². The van der Waals surface area contributed by atoms with Crippen molar-refractivity contribution in [2.24, 2.45) is 0 Å². The maximum atomic E-state index is 4.21. The summed E-state index contributed by atoms with van der Waals surface area (Å²) in [7, 11) is 2.23. The molecule has 1 fully saturated rings. The van der Waals surface area contributed by atoms with E-state index in [1.165, 1.54) is 41.3 Å². The van der Waals surface area contributed by atoms with Crippen LogP contribution in [0.25, 0.3) is 10.8 Å². The first-order valence-corrected chi connectivity index (χ1v) is 7.30. The molecular formula is C17H24N2. The minimum absolute atomic E-state index is 0.603. The summed E-state index contributed by atoms with van der Waals surface area (Å²) in [5, 5.41) is 2.59. The van der Waals surface area contributed by atoms with Gasteiger partial charge in [0.15, 0.2) is 0 Å². The Morgan fingerprint density at radius 2 is 2.05 bits per heavy atom. The third-order valence-corrected chi connectivity index (χ3v) is 3.89. The summed E-state index contributed by atoms with van der Waals surface area (Å²) in [5.41, 5.74) is 2.80. The summed E-state index contributed by atoms with van der Waals surface area (Å²) in [6.07, 6.45) is 6.44. The highest BCUT2D eigenvalue weighted by molar-refractivity contribution is 5.85. The Hall–Kier alpha value is -1.41. The van der Waals surface area contributed by atoms with E-state index in [0.29, 0.717) is 6.04 Å². The fourth-order valence-corrected chi connectivity index (χ4v) is 2.93. The van der Waals surface area contributed by atoms with Gasteiger partial charge in [-0.2, -0.15) is 0 Å². The summed E-state index contributed by atoms with van der Waals surface area (Å²) in [5.74, 6) is 0. The standard InChI is InChI=1S/C15H18N2.C2H6/c1-11-8-13(15-4-3-7-17(15)2)9-12-5-6-16-10-14(11)12;1-2/h5-6,8-10,15H,3-4,7H2,1-2H3;1-2H3. The van der Waals surface area contributed by atoms with E-state index in [2.05, 4.69) is 42.1 Å². The highest BCUT2D eigenvalue weighted by Gasteiger charge is 2.22. The molecule has 3 rings (SSSR count). The summed E-state index contributed by atoms with van der Waals surface area (Å²) in [4.78, 5) is 6.67. The van der Waals surface area contributed by atoms with Crippen molar-refractivity contribution >= 4 is 10.8 Å². The Morgan fingerprint density at radius 3 is 2.74 bits per heavy atom. The number of pyridine rings is 1. The number of aryl methyl sites for hydroxylation is 1. The minimum atomic E-state index is 0.603. The molecular weight excluding hydrogens is 232 g/mol. The Bertz CT molecular complexity index is 548. The highest BCUT2D eigenvalue weighted by atomic mass is 15.1. The van der Waals surface area contributed by atoms with Gasteiger partial charge in [-0.3, -0.25) is 9.88 Å². The molecule has 2 heteroatoms. The average molecular weight is 256 g/mol. The molecule has 0 bridgehead atoms. The SMILES string of the molecule is CC.Cc1cc(C2CCCN2C)cc2ccncc12. The van der Waals surface area contributed by atoms with E-state index in [1.807, 2.05) is 26.2 Å². The number of hydrogen-bond donors (Lipinski definition) is 0. The molecule has 0 saturated carbocycles. The minimum Gasteiger partial charge on any atom is -0.299 e.